The van der Waals surface area contributed by atoms with E-state index in [1.165, 1.54) is 0 Å². The highest BCUT2D eigenvalue weighted by Gasteiger charge is 2.32. The van der Waals surface area contributed by atoms with Gasteiger partial charge >= 0.3 is 5.97 Å². The Hall–Kier alpha value is -1.32. The number of carbonyl (C=O) groups is 5. The second kappa shape index (κ2) is 10.5. The van der Waals surface area contributed by atoms with Crippen molar-refractivity contribution in [3.05, 3.63) is 0 Å². The molecule has 0 atom stereocenters. The zero-order valence-electron chi connectivity index (χ0n) is 12.8. The third-order valence-corrected chi connectivity index (χ3v) is 4.22. The summed E-state index contributed by atoms with van der Waals surface area (Å²) >= 11 is 2.03. The number of Topliss-reactive ketones (excluding diaryl/α,β-unsaturated/α-hetero) is 2. The number of rotatable bonds is 11. The van der Waals surface area contributed by atoms with Crippen LogP contribution in [0.4, 0.5) is 0 Å². The van der Waals surface area contributed by atoms with Gasteiger partial charge in [-0.15, -0.1) is 5.06 Å². The summed E-state index contributed by atoms with van der Waals surface area (Å²) in [6.45, 7) is 0. The number of imide groups is 1. The van der Waals surface area contributed by atoms with Crippen molar-refractivity contribution in [3.63, 3.8) is 0 Å². The highest BCUT2D eigenvalue weighted by molar-refractivity contribution is 14.1. The summed E-state index contributed by atoms with van der Waals surface area (Å²) in [5.41, 5.74) is 0. The SMILES string of the molecule is O=C(CI)CCCCCC(=O)CCC(=O)ON1C(=O)CCC1=O. The van der Waals surface area contributed by atoms with Crippen molar-refractivity contribution in [2.24, 2.45) is 0 Å². The van der Waals surface area contributed by atoms with Crippen molar-refractivity contribution in [1.82, 2.24) is 5.06 Å². The Balaban J connectivity index is 2.11. The third-order valence-electron chi connectivity index (χ3n) is 3.37. The van der Waals surface area contributed by atoms with E-state index in [4.69, 9.17) is 0 Å². The van der Waals surface area contributed by atoms with E-state index < -0.39 is 17.8 Å². The van der Waals surface area contributed by atoms with E-state index in [2.05, 4.69) is 4.84 Å². The molecule has 1 rings (SSSR count). The Labute approximate surface area is 148 Å². The molecule has 8 heteroatoms. The van der Waals surface area contributed by atoms with Crippen molar-refractivity contribution in [3.8, 4) is 0 Å². The summed E-state index contributed by atoms with van der Waals surface area (Å²) in [5.74, 6) is -1.67. The van der Waals surface area contributed by atoms with Crippen LogP contribution < -0.4 is 0 Å². The average Bonchev–Trinajstić information content (AvgIpc) is 2.84. The lowest BCUT2D eigenvalue weighted by Gasteiger charge is -2.12. The van der Waals surface area contributed by atoms with Gasteiger partial charge in [0.1, 0.15) is 11.6 Å². The fourth-order valence-electron chi connectivity index (χ4n) is 2.06. The van der Waals surface area contributed by atoms with Gasteiger partial charge in [-0.05, 0) is 12.8 Å². The van der Waals surface area contributed by atoms with Crippen LogP contribution in [0.3, 0.4) is 0 Å². The first kappa shape index (κ1) is 19.7. The number of hydroxylamine groups is 2. The molecule has 1 fully saturated rings. The molecule has 0 N–H and O–H groups in total. The van der Waals surface area contributed by atoms with Crippen LogP contribution in [0.1, 0.15) is 57.8 Å². The maximum atomic E-state index is 11.6. The molecule has 0 unspecified atom stereocenters. The minimum absolute atomic E-state index is 0.0295. The van der Waals surface area contributed by atoms with Crippen LogP contribution in [0, 0.1) is 0 Å². The number of halogens is 1. The quantitative estimate of drug-likeness (QED) is 0.212. The number of amides is 2. The molecular formula is C15H20INO6. The second-order valence-corrected chi connectivity index (χ2v) is 6.08. The highest BCUT2D eigenvalue weighted by Crippen LogP contribution is 2.13. The molecule has 2 amide bonds. The predicted molar refractivity (Wildman–Crippen MR) is 88.4 cm³/mol. The van der Waals surface area contributed by atoms with Crippen molar-refractivity contribution >= 4 is 51.9 Å². The van der Waals surface area contributed by atoms with Gasteiger partial charge < -0.3 is 4.84 Å². The van der Waals surface area contributed by atoms with E-state index in [9.17, 15) is 24.0 Å². The number of hydrogen-bond acceptors (Lipinski definition) is 6. The summed E-state index contributed by atoms with van der Waals surface area (Å²) in [5, 5.41) is 0.483. The van der Waals surface area contributed by atoms with Crippen LogP contribution in [0.15, 0.2) is 0 Å². The van der Waals surface area contributed by atoms with Crippen LogP contribution in [0.5, 0.6) is 0 Å². The van der Waals surface area contributed by atoms with E-state index in [1.54, 1.807) is 0 Å². The van der Waals surface area contributed by atoms with Crippen LogP contribution >= 0.6 is 22.6 Å². The van der Waals surface area contributed by atoms with Crippen molar-refractivity contribution in [1.29, 1.82) is 0 Å². The first-order chi connectivity index (χ1) is 10.9. The second-order valence-electron chi connectivity index (χ2n) is 5.32. The molecule has 0 aliphatic carbocycles. The summed E-state index contributed by atoms with van der Waals surface area (Å²) < 4.78 is 0.515. The van der Waals surface area contributed by atoms with Gasteiger partial charge in [0, 0.05) is 32.1 Å². The van der Waals surface area contributed by atoms with E-state index in [0.717, 1.165) is 12.8 Å². The largest absolute Gasteiger partial charge is 0.333 e. The Morgan fingerprint density at radius 3 is 2.00 bits per heavy atom. The number of carbonyl (C=O) groups excluding carboxylic acids is 5. The van der Waals surface area contributed by atoms with E-state index >= 15 is 0 Å². The van der Waals surface area contributed by atoms with Crippen LogP contribution in [-0.2, 0) is 28.8 Å². The average molecular weight is 437 g/mol. The fourth-order valence-corrected chi connectivity index (χ4v) is 2.44. The van der Waals surface area contributed by atoms with Gasteiger partial charge in [-0.3, -0.25) is 19.2 Å². The van der Waals surface area contributed by atoms with Gasteiger partial charge in [-0.25, -0.2) is 4.79 Å². The lowest BCUT2D eigenvalue weighted by atomic mass is 10.1. The fraction of sp³-hybridized carbons (Fsp3) is 0.667. The number of nitrogens with zero attached hydrogens (tertiary/aromatic N) is 1. The molecule has 0 bridgehead atoms. The van der Waals surface area contributed by atoms with Gasteiger partial charge in [0.25, 0.3) is 11.8 Å². The zero-order chi connectivity index (χ0) is 17.2. The van der Waals surface area contributed by atoms with Crippen LogP contribution in [0.2, 0.25) is 0 Å². The zero-order valence-corrected chi connectivity index (χ0v) is 15.0. The molecule has 0 aromatic heterocycles. The smallest absolute Gasteiger partial charge is 0.330 e. The summed E-state index contributed by atoms with van der Waals surface area (Å²) in [4.78, 5) is 61.5. The minimum Gasteiger partial charge on any atom is -0.330 e. The van der Waals surface area contributed by atoms with E-state index in [1.807, 2.05) is 22.6 Å². The number of alkyl halides is 1. The standard InChI is InChI=1S/C15H20INO6/c16-10-12(19)5-3-1-2-4-11(18)6-9-15(22)23-17-13(20)7-8-14(17)21/h1-10H2. The molecule has 0 aromatic rings. The maximum Gasteiger partial charge on any atom is 0.333 e. The lowest BCUT2D eigenvalue weighted by molar-refractivity contribution is -0.197. The van der Waals surface area contributed by atoms with Gasteiger partial charge in [-0.1, -0.05) is 29.0 Å². The van der Waals surface area contributed by atoms with Gasteiger partial charge in [0.2, 0.25) is 0 Å². The Bertz CT molecular complexity index is 474. The van der Waals surface area contributed by atoms with Crippen molar-refractivity contribution in [2.45, 2.75) is 57.8 Å². The van der Waals surface area contributed by atoms with E-state index in [0.29, 0.717) is 28.8 Å². The van der Waals surface area contributed by atoms with Crippen molar-refractivity contribution < 1.29 is 28.8 Å². The molecule has 0 radical (unpaired) electrons. The molecular weight excluding hydrogens is 417 g/mol. The molecule has 1 aliphatic rings. The molecule has 0 spiro atoms. The molecule has 7 nitrogen and oxygen atoms in total. The molecule has 23 heavy (non-hydrogen) atoms. The maximum absolute atomic E-state index is 11.6. The molecule has 1 aliphatic heterocycles. The molecule has 0 aromatic carbocycles. The monoisotopic (exact) mass is 437 g/mol. The first-order valence-electron chi connectivity index (χ1n) is 7.60. The first-order valence-corrected chi connectivity index (χ1v) is 9.12. The number of ketones is 2. The van der Waals surface area contributed by atoms with E-state index in [-0.39, 0.29) is 37.2 Å². The summed E-state index contributed by atoms with van der Waals surface area (Å²) in [6, 6.07) is 0. The summed E-state index contributed by atoms with van der Waals surface area (Å²) in [6.07, 6.45) is 3.13. The van der Waals surface area contributed by atoms with Crippen molar-refractivity contribution in [2.75, 3.05) is 4.43 Å². The van der Waals surface area contributed by atoms with Crippen LogP contribution in [-0.4, -0.2) is 38.8 Å². The Kier molecular flexibility index (Phi) is 8.97. The molecule has 128 valence electrons. The Morgan fingerprint density at radius 2 is 1.43 bits per heavy atom. The summed E-state index contributed by atoms with van der Waals surface area (Å²) in [7, 11) is 0. The highest BCUT2D eigenvalue weighted by atomic mass is 127. The minimum atomic E-state index is -0.755. The third kappa shape index (κ3) is 7.67. The lowest BCUT2D eigenvalue weighted by Crippen LogP contribution is -2.32. The number of unbranched alkanes of at least 4 members (excludes halogenated alkanes) is 2. The molecule has 1 saturated heterocycles. The predicted octanol–water partition coefficient (Wildman–Crippen LogP) is 1.90. The Morgan fingerprint density at radius 1 is 0.870 bits per heavy atom. The topological polar surface area (TPSA) is 97.8 Å². The van der Waals surface area contributed by atoms with Crippen LogP contribution in [0.25, 0.3) is 0 Å². The normalized spacial score (nSPS) is 14.2. The van der Waals surface area contributed by atoms with Gasteiger partial charge in [-0.2, -0.15) is 0 Å². The molecule has 1 heterocycles. The van der Waals surface area contributed by atoms with Gasteiger partial charge in [0.15, 0.2) is 0 Å². The number of hydrogen-bond donors (Lipinski definition) is 0. The molecule has 0 saturated carbocycles. The van der Waals surface area contributed by atoms with Gasteiger partial charge in [0.05, 0.1) is 10.8 Å².